The lowest BCUT2D eigenvalue weighted by Crippen LogP contribution is -2.12. The van der Waals surface area contributed by atoms with Crippen LogP contribution in [0.4, 0.5) is 4.39 Å². The minimum absolute atomic E-state index is 0.193. The maximum Gasteiger partial charge on any atom is 0.128 e. The van der Waals surface area contributed by atoms with E-state index in [-0.39, 0.29) is 5.82 Å². The third-order valence-corrected chi connectivity index (χ3v) is 3.96. The lowest BCUT2D eigenvalue weighted by Gasteiger charge is -2.08. The van der Waals surface area contributed by atoms with Gasteiger partial charge >= 0.3 is 0 Å². The van der Waals surface area contributed by atoms with Crippen LogP contribution >= 0.6 is 11.3 Å². The number of nitrogens with one attached hydrogen (secondary N) is 1. The van der Waals surface area contributed by atoms with Gasteiger partial charge in [0.25, 0.3) is 0 Å². The van der Waals surface area contributed by atoms with Gasteiger partial charge in [-0.15, -0.1) is 11.3 Å². The van der Waals surface area contributed by atoms with Crippen LogP contribution in [0.5, 0.6) is 0 Å². The minimum atomic E-state index is -0.193. The maximum atomic E-state index is 13.7. The molecule has 20 heavy (non-hydrogen) atoms. The van der Waals surface area contributed by atoms with Gasteiger partial charge in [-0.2, -0.15) is 0 Å². The third-order valence-electron chi connectivity index (χ3n) is 3.02. The molecule has 108 valence electrons. The van der Waals surface area contributed by atoms with E-state index in [1.54, 1.807) is 11.3 Å². The second-order valence-electron chi connectivity index (χ2n) is 4.59. The van der Waals surface area contributed by atoms with Crippen LogP contribution < -0.4 is 5.32 Å². The van der Waals surface area contributed by atoms with E-state index < -0.39 is 0 Å². The van der Waals surface area contributed by atoms with Crippen molar-refractivity contribution in [2.45, 2.75) is 26.5 Å². The minimum Gasteiger partial charge on any atom is -0.376 e. The van der Waals surface area contributed by atoms with Crippen LogP contribution in [0.3, 0.4) is 0 Å². The Morgan fingerprint density at radius 1 is 1.30 bits per heavy atom. The van der Waals surface area contributed by atoms with E-state index in [9.17, 15) is 4.39 Å². The molecule has 1 aromatic heterocycles. The maximum absolute atomic E-state index is 13.7. The molecule has 0 atom stereocenters. The summed E-state index contributed by atoms with van der Waals surface area (Å²) in [5, 5.41) is 5.29. The van der Waals surface area contributed by atoms with E-state index in [0.717, 1.165) is 25.1 Å². The lowest BCUT2D eigenvalue weighted by molar-refractivity contribution is 0.122. The average Bonchev–Trinajstić information content (AvgIpc) is 2.97. The molecular weight excluding hydrogens is 273 g/mol. The highest BCUT2D eigenvalue weighted by atomic mass is 32.1. The molecule has 0 bridgehead atoms. The van der Waals surface area contributed by atoms with Crippen molar-refractivity contribution in [1.82, 2.24) is 5.32 Å². The van der Waals surface area contributed by atoms with Gasteiger partial charge in [0.15, 0.2) is 0 Å². The molecule has 0 unspecified atom stereocenters. The van der Waals surface area contributed by atoms with Gasteiger partial charge in [-0.05, 0) is 35.7 Å². The fraction of sp³-hybridized carbons (Fsp3) is 0.375. The SMILES string of the molecule is CCNCc1ccc(F)c(COCCc2cccs2)c1. The molecule has 1 aromatic carbocycles. The summed E-state index contributed by atoms with van der Waals surface area (Å²) < 4.78 is 19.3. The van der Waals surface area contributed by atoms with Crippen LogP contribution in [0.2, 0.25) is 0 Å². The molecule has 0 amide bonds. The van der Waals surface area contributed by atoms with E-state index in [1.807, 2.05) is 18.2 Å². The van der Waals surface area contributed by atoms with Gasteiger partial charge in [-0.3, -0.25) is 0 Å². The molecule has 0 aliphatic rings. The predicted octanol–water partition coefficient (Wildman–Crippen LogP) is 3.76. The molecule has 0 saturated heterocycles. The number of thiophene rings is 1. The fourth-order valence-corrected chi connectivity index (χ4v) is 2.62. The first kappa shape index (κ1) is 15.2. The zero-order chi connectivity index (χ0) is 14.2. The standard InChI is InChI=1S/C16H20FNOS/c1-2-18-11-13-5-6-16(17)14(10-13)12-19-8-7-15-4-3-9-20-15/h3-6,9-10,18H,2,7-8,11-12H2,1H3. The number of hydrogen-bond donors (Lipinski definition) is 1. The Morgan fingerprint density at radius 2 is 2.20 bits per heavy atom. The zero-order valence-corrected chi connectivity index (χ0v) is 12.5. The Kier molecular flexibility index (Phi) is 6.18. The van der Waals surface area contributed by atoms with Crippen LogP contribution in [0.1, 0.15) is 22.9 Å². The highest BCUT2D eigenvalue weighted by Gasteiger charge is 2.04. The second-order valence-corrected chi connectivity index (χ2v) is 5.62. The summed E-state index contributed by atoms with van der Waals surface area (Å²) in [5.41, 5.74) is 1.72. The van der Waals surface area contributed by atoms with E-state index >= 15 is 0 Å². The Hall–Kier alpha value is -1.23. The third kappa shape index (κ3) is 4.71. The summed E-state index contributed by atoms with van der Waals surface area (Å²) >= 11 is 1.72. The summed E-state index contributed by atoms with van der Waals surface area (Å²) in [5.74, 6) is -0.193. The van der Waals surface area contributed by atoms with Crippen LogP contribution in [0, 0.1) is 5.82 Å². The Balaban J connectivity index is 1.81. The number of benzene rings is 1. The van der Waals surface area contributed by atoms with Crippen molar-refractivity contribution in [3.05, 3.63) is 57.5 Å². The highest BCUT2D eigenvalue weighted by Crippen LogP contribution is 2.13. The van der Waals surface area contributed by atoms with Gasteiger partial charge in [-0.1, -0.05) is 19.1 Å². The Bertz CT molecular complexity index is 513. The molecule has 0 aliphatic heterocycles. The van der Waals surface area contributed by atoms with E-state index in [1.165, 1.54) is 10.9 Å². The molecule has 2 rings (SSSR count). The van der Waals surface area contributed by atoms with Crippen molar-refractivity contribution in [3.8, 4) is 0 Å². The molecule has 2 nitrogen and oxygen atoms in total. The van der Waals surface area contributed by atoms with Crippen molar-refractivity contribution in [2.24, 2.45) is 0 Å². The van der Waals surface area contributed by atoms with E-state index in [4.69, 9.17) is 4.74 Å². The van der Waals surface area contributed by atoms with Gasteiger partial charge in [0.2, 0.25) is 0 Å². The summed E-state index contributed by atoms with van der Waals surface area (Å²) in [6, 6.07) is 9.33. The molecule has 4 heteroatoms. The smallest absolute Gasteiger partial charge is 0.128 e. The van der Waals surface area contributed by atoms with Crippen molar-refractivity contribution in [2.75, 3.05) is 13.2 Å². The van der Waals surface area contributed by atoms with Crippen LogP contribution in [-0.4, -0.2) is 13.2 Å². The quantitative estimate of drug-likeness (QED) is 0.748. The Morgan fingerprint density at radius 3 is 2.95 bits per heavy atom. The van der Waals surface area contributed by atoms with Crippen LogP contribution in [0.15, 0.2) is 35.7 Å². The molecule has 1 N–H and O–H groups in total. The normalized spacial score (nSPS) is 10.9. The lowest BCUT2D eigenvalue weighted by atomic mass is 10.1. The average molecular weight is 293 g/mol. The Labute approximate surface area is 123 Å². The number of rotatable bonds is 8. The van der Waals surface area contributed by atoms with Gasteiger partial charge in [0.05, 0.1) is 13.2 Å². The van der Waals surface area contributed by atoms with Crippen molar-refractivity contribution in [1.29, 1.82) is 0 Å². The molecular formula is C16H20FNOS. The number of ether oxygens (including phenoxy) is 1. The first-order valence-electron chi connectivity index (χ1n) is 6.87. The van der Waals surface area contributed by atoms with Crippen molar-refractivity contribution < 1.29 is 9.13 Å². The van der Waals surface area contributed by atoms with E-state index in [0.29, 0.717) is 18.8 Å². The largest absolute Gasteiger partial charge is 0.376 e. The first-order valence-corrected chi connectivity index (χ1v) is 7.75. The molecule has 0 fully saturated rings. The predicted molar refractivity (Wildman–Crippen MR) is 81.5 cm³/mol. The summed E-state index contributed by atoms with van der Waals surface area (Å²) in [4.78, 5) is 1.30. The molecule has 0 spiro atoms. The van der Waals surface area contributed by atoms with Gasteiger partial charge in [0.1, 0.15) is 5.82 Å². The zero-order valence-electron chi connectivity index (χ0n) is 11.7. The van der Waals surface area contributed by atoms with Crippen LogP contribution in [-0.2, 0) is 24.3 Å². The first-order chi connectivity index (χ1) is 9.79. The second kappa shape index (κ2) is 8.15. The molecule has 1 heterocycles. The molecule has 0 radical (unpaired) electrons. The van der Waals surface area contributed by atoms with E-state index in [2.05, 4.69) is 23.7 Å². The number of halogens is 1. The van der Waals surface area contributed by atoms with Crippen molar-refractivity contribution >= 4 is 11.3 Å². The molecule has 2 aromatic rings. The summed E-state index contributed by atoms with van der Waals surface area (Å²) in [6.45, 7) is 4.68. The van der Waals surface area contributed by atoms with Gasteiger partial charge in [-0.25, -0.2) is 4.39 Å². The van der Waals surface area contributed by atoms with Crippen LogP contribution in [0.25, 0.3) is 0 Å². The highest BCUT2D eigenvalue weighted by molar-refractivity contribution is 7.09. The molecule has 0 saturated carbocycles. The summed E-state index contributed by atoms with van der Waals surface area (Å²) in [6.07, 6.45) is 0.885. The summed E-state index contributed by atoms with van der Waals surface area (Å²) in [7, 11) is 0. The monoisotopic (exact) mass is 293 g/mol. The number of hydrogen-bond acceptors (Lipinski definition) is 3. The fourth-order valence-electron chi connectivity index (χ4n) is 1.93. The molecule has 0 aliphatic carbocycles. The van der Waals surface area contributed by atoms with Gasteiger partial charge in [0, 0.05) is 23.4 Å². The van der Waals surface area contributed by atoms with Gasteiger partial charge < -0.3 is 10.1 Å². The van der Waals surface area contributed by atoms with Crippen molar-refractivity contribution in [3.63, 3.8) is 0 Å². The topological polar surface area (TPSA) is 21.3 Å².